The molecule has 0 amide bonds. The highest BCUT2D eigenvalue weighted by molar-refractivity contribution is 5.87. The van der Waals surface area contributed by atoms with Gasteiger partial charge in [0, 0.05) is 5.57 Å². The van der Waals surface area contributed by atoms with Gasteiger partial charge >= 0.3 is 5.97 Å². The molecule has 2 N–H and O–H groups in total. The van der Waals surface area contributed by atoms with Gasteiger partial charge in [-0.3, -0.25) is 5.32 Å². The summed E-state index contributed by atoms with van der Waals surface area (Å²) in [7, 11) is 0. The molecule has 0 fully saturated rings. The minimum atomic E-state index is -0.442. The molecule has 0 spiro atoms. The number of carbonyl (C=O) groups excluding carboxylic acids is 1. The van der Waals surface area contributed by atoms with Crippen molar-refractivity contribution in [2.24, 2.45) is 0 Å². The molecular formula is C8H15NO3. The van der Waals surface area contributed by atoms with Crippen LogP contribution in [-0.2, 0) is 9.53 Å². The lowest BCUT2D eigenvalue weighted by Gasteiger charge is -2.15. The van der Waals surface area contributed by atoms with Gasteiger partial charge in [-0.25, -0.2) is 4.79 Å². The van der Waals surface area contributed by atoms with Crippen molar-refractivity contribution in [1.29, 1.82) is 0 Å². The van der Waals surface area contributed by atoms with E-state index in [1.807, 2.05) is 6.92 Å². The highest BCUT2D eigenvalue weighted by Crippen LogP contribution is 1.98. The number of aliphatic hydroxyl groups is 1. The summed E-state index contributed by atoms with van der Waals surface area (Å²) < 4.78 is 4.89. The van der Waals surface area contributed by atoms with E-state index in [2.05, 4.69) is 11.9 Å². The molecule has 0 aliphatic rings. The van der Waals surface area contributed by atoms with Crippen molar-refractivity contribution in [2.45, 2.75) is 26.5 Å². The Morgan fingerprint density at radius 3 is 2.67 bits per heavy atom. The quantitative estimate of drug-likeness (QED) is 0.358. The summed E-state index contributed by atoms with van der Waals surface area (Å²) in [5.74, 6) is -0.442. The van der Waals surface area contributed by atoms with Crippen molar-refractivity contribution in [3.63, 3.8) is 0 Å². The highest BCUT2D eigenvalue weighted by Gasteiger charge is 2.10. The van der Waals surface area contributed by atoms with Crippen LogP contribution in [0.2, 0.25) is 0 Å². The zero-order valence-corrected chi connectivity index (χ0v) is 7.46. The molecule has 0 saturated heterocycles. The van der Waals surface area contributed by atoms with Gasteiger partial charge in [0.25, 0.3) is 0 Å². The Labute approximate surface area is 72.2 Å². The van der Waals surface area contributed by atoms with Crippen LogP contribution in [-0.4, -0.2) is 24.0 Å². The third kappa shape index (κ3) is 4.10. The summed E-state index contributed by atoms with van der Waals surface area (Å²) in [5.41, 5.74) is 0.355. The van der Waals surface area contributed by atoms with Crippen LogP contribution < -0.4 is 5.32 Å². The zero-order valence-electron chi connectivity index (χ0n) is 7.46. The lowest BCUT2D eigenvalue weighted by molar-refractivity contribution is -0.146. The maximum absolute atomic E-state index is 10.9. The molecule has 0 aromatic heterocycles. The van der Waals surface area contributed by atoms with Crippen molar-refractivity contribution >= 4 is 5.97 Å². The van der Waals surface area contributed by atoms with E-state index in [-0.39, 0.29) is 6.73 Å². The topological polar surface area (TPSA) is 58.6 Å². The molecule has 0 bridgehead atoms. The van der Waals surface area contributed by atoms with Crippen LogP contribution in [0.15, 0.2) is 12.2 Å². The zero-order chi connectivity index (χ0) is 9.56. The lowest BCUT2D eigenvalue weighted by atomic mass is 10.3. The van der Waals surface area contributed by atoms with Crippen LogP contribution in [0.25, 0.3) is 0 Å². The van der Waals surface area contributed by atoms with Gasteiger partial charge in [0.05, 0.1) is 6.73 Å². The highest BCUT2D eigenvalue weighted by atomic mass is 16.6. The SMILES string of the molecule is C=C(C)C(=O)OC(CC)NCO. The Hall–Kier alpha value is -0.870. The minimum absolute atomic E-state index is 0.206. The number of ether oxygens (including phenoxy) is 1. The molecule has 0 rings (SSSR count). The first kappa shape index (κ1) is 11.1. The van der Waals surface area contributed by atoms with Gasteiger partial charge in [0.1, 0.15) is 0 Å². The standard InChI is InChI=1S/C8H15NO3/c1-4-7(9-5-10)12-8(11)6(2)3/h7,9-10H,2,4-5H2,1,3H3. The maximum Gasteiger partial charge on any atom is 0.334 e. The Kier molecular flexibility index (Phi) is 5.32. The summed E-state index contributed by atoms with van der Waals surface area (Å²) in [4.78, 5) is 10.9. The number of carbonyl (C=O) groups is 1. The van der Waals surface area contributed by atoms with Crippen LogP contribution in [0, 0.1) is 0 Å². The normalized spacial score (nSPS) is 12.2. The van der Waals surface area contributed by atoms with E-state index in [4.69, 9.17) is 9.84 Å². The summed E-state index contributed by atoms with van der Waals surface area (Å²) in [6, 6.07) is 0. The summed E-state index contributed by atoms with van der Waals surface area (Å²) in [5, 5.41) is 11.1. The molecule has 4 nitrogen and oxygen atoms in total. The second-order valence-corrected chi connectivity index (χ2v) is 2.44. The molecule has 0 aromatic rings. The van der Waals surface area contributed by atoms with Crippen molar-refractivity contribution in [3.05, 3.63) is 12.2 Å². The maximum atomic E-state index is 10.9. The smallest absolute Gasteiger partial charge is 0.334 e. The van der Waals surface area contributed by atoms with Gasteiger partial charge < -0.3 is 9.84 Å². The first-order valence-electron chi connectivity index (χ1n) is 3.82. The van der Waals surface area contributed by atoms with Crippen LogP contribution in [0.1, 0.15) is 20.3 Å². The molecule has 0 radical (unpaired) electrons. The Morgan fingerprint density at radius 1 is 1.75 bits per heavy atom. The monoisotopic (exact) mass is 173 g/mol. The average molecular weight is 173 g/mol. The minimum Gasteiger partial charge on any atom is -0.443 e. The van der Waals surface area contributed by atoms with E-state index >= 15 is 0 Å². The summed E-state index contributed by atoms with van der Waals surface area (Å²) >= 11 is 0. The second-order valence-electron chi connectivity index (χ2n) is 2.44. The van der Waals surface area contributed by atoms with Crippen molar-refractivity contribution in [3.8, 4) is 0 Å². The molecule has 1 atom stereocenters. The predicted molar refractivity (Wildman–Crippen MR) is 45.2 cm³/mol. The molecule has 70 valence electrons. The van der Waals surface area contributed by atoms with Gasteiger partial charge in [0.15, 0.2) is 6.23 Å². The number of esters is 1. The second kappa shape index (κ2) is 5.74. The summed E-state index contributed by atoms with van der Waals surface area (Å²) in [6.45, 7) is 6.65. The molecule has 12 heavy (non-hydrogen) atoms. The first-order valence-corrected chi connectivity index (χ1v) is 3.82. The fourth-order valence-electron chi connectivity index (χ4n) is 0.601. The molecule has 0 aliphatic heterocycles. The van der Waals surface area contributed by atoms with Crippen LogP contribution in [0.4, 0.5) is 0 Å². The number of hydrogen-bond acceptors (Lipinski definition) is 4. The van der Waals surface area contributed by atoms with Crippen molar-refractivity contribution < 1.29 is 14.6 Å². The van der Waals surface area contributed by atoms with Gasteiger partial charge in [0.2, 0.25) is 0 Å². The predicted octanol–water partition coefficient (Wildman–Crippen LogP) is 0.381. The van der Waals surface area contributed by atoms with Gasteiger partial charge in [-0.1, -0.05) is 13.5 Å². The van der Waals surface area contributed by atoms with Crippen LogP contribution in [0.3, 0.4) is 0 Å². The Bertz CT molecular complexity index is 168. The van der Waals surface area contributed by atoms with Crippen LogP contribution >= 0.6 is 0 Å². The number of aliphatic hydroxyl groups excluding tert-OH is 1. The first-order chi connectivity index (χ1) is 5.61. The van der Waals surface area contributed by atoms with Crippen molar-refractivity contribution in [1.82, 2.24) is 5.32 Å². The molecule has 1 unspecified atom stereocenters. The molecule has 4 heteroatoms. The lowest BCUT2D eigenvalue weighted by Crippen LogP contribution is -2.34. The molecule has 0 saturated carbocycles. The number of rotatable bonds is 5. The third-order valence-electron chi connectivity index (χ3n) is 1.29. The summed E-state index contributed by atoms with van der Waals surface area (Å²) in [6.07, 6.45) is 0.179. The largest absolute Gasteiger partial charge is 0.443 e. The van der Waals surface area contributed by atoms with Gasteiger partial charge in [-0.05, 0) is 13.3 Å². The molecule has 0 aromatic carbocycles. The van der Waals surface area contributed by atoms with Gasteiger partial charge in [-0.15, -0.1) is 0 Å². The van der Waals surface area contributed by atoms with Crippen molar-refractivity contribution in [2.75, 3.05) is 6.73 Å². The average Bonchev–Trinajstić information content (AvgIpc) is 2.03. The van der Waals surface area contributed by atoms with Gasteiger partial charge in [-0.2, -0.15) is 0 Å². The molecular weight excluding hydrogens is 158 g/mol. The third-order valence-corrected chi connectivity index (χ3v) is 1.29. The Morgan fingerprint density at radius 2 is 2.33 bits per heavy atom. The van der Waals surface area contributed by atoms with E-state index in [0.717, 1.165) is 0 Å². The van der Waals surface area contributed by atoms with E-state index in [1.54, 1.807) is 6.92 Å². The van der Waals surface area contributed by atoms with E-state index in [9.17, 15) is 4.79 Å². The van der Waals surface area contributed by atoms with Crippen LogP contribution in [0.5, 0.6) is 0 Å². The van der Waals surface area contributed by atoms with E-state index < -0.39 is 12.2 Å². The number of nitrogens with one attached hydrogen (secondary N) is 1. The fraction of sp³-hybridized carbons (Fsp3) is 0.625. The number of hydrogen-bond donors (Lipinski definition) is 2. The molecule has 0 aliphatic carbocycles. The van der Waals surface area contributed by atoms with E-state index in [0.29, 0.717) is 12.0 Å². The fourth-order valence-corrected chi connectivity index (χ4v) is 0.601. The molecule has 0 heterocycles. The Balaban J connectivity index is 3.85. The van der Waals surface area contributed by atoms with E-state index in [1.165, 1.54) is 0 Å².